The highest BCUT2D eigenvalue weighted by atomic mass is 79.9. The number of amides is 1. The lowest BCUT2D eigenvalue weighted by molar-refractivity contribution is 0.0774. The number of rotatable bonds is 4. The minimum absolute atomic E-state index is 0.206. The summed E-state index contributed by atoms with van der Waals surface area (Å²) in [4.78, 5) is 17.5. The Balaban J connectivity index is 2.13. The minimum atomic E-state index is -0.206. The molecule has 2 aromatic heterocycles. The highest BCUT2D eigenvalue weighted by Gasteiger charge is 2.21. The highest BCUT2D eigenvalue weighted by molar-refractivity contribution is 9.10. The van der Waals surface area contributed by atoms with E-state index in [2.05, 4.69) is 40.8 Å². The van der Waals surface area contributed by atoms with Crippen molar-refractivity contribution in [3.63, 3.8) is 0 Å². The normalized spacial score (nSPS) is 10.6. The van der Waals surface area contributed by atoms with E-state index in [9.17, 15) is 4.79 Å². The number of hydrogen-bond acceptors (Lipinski definition) is 5. The molecule has 18 heavy (non-hydrogen) atoms. The van der Waals surface area contributed by atoms with Crippen LogP contribution < -0.4 is 0 Å². The summed E-state index contributed by atoms with van der Waals surface area (Å²) in [5.41, 5.74) is 1.25. The Hall–Kier alpha value is -1.70. The fraction of sp³-hybridized carbons (Fsp3) is 0.400. The van der Waals surface area contributed by atoms with E-state index in [1.54, 1.807) is 7.05 Å². The van der Waals surface area contributed by atoms with Crippen LogP contribution >= 0.6 is 15.9 Å². The van der Waals surface area contributed by atoms with Gasteiger partial charge in [-0.15, -0.1) is 0 Å². The van der Waals surface area contributed by atoms with Crippen molar-refractivity contribution in [3.05, 3.63) is 28.1 Å². The van der Waals surface area contributed by atoms with Crippen molar-refractivity contribution < 1.29 is 9.32 Å². The summed E-state index contributed by atoms with van der Waals surface area (Å²) < 4.78 is 5.32. The van der Waals surface area contributed by atoms with Gasteiger partial charge in [0.2, 0.25) is 6.39 Å². The quantitative estimate of drug-likeness (QED) is 0.921. The average molecular weight is 314 g/mol. The smallest absolute Gasteiger partial charge is 0.275 e. The van der Waals surface area contributed by atoms with E-state index >= 15 is 0 Å². The molecule has 2 rings (SSSR count). The van der Waals surface area contributed by atoms with Crippen molar-refractivity contribution in [2.75, 3.05) is 7.05 Å². The molecule has 1 amide bonds. The molecule has 1 N–H and O–H groups in total. The van der Waals surface area contributed by atoms with Crippen LogP contribution in [0.4, 0.5) is 0 Å². The molecular formula is C10H12BrN5O2. The van der Waals surface area contributed by atoms with E-state index in [-0.39, 0.29) is 12.5 Å². The van der Waals surface area contributed by atoms with Crippen LogP contribution in [0.1, 0.15) is 28.9 Å². The Kier molecular flexibility index (Phi) is 3.75. The number of halogens is 1. The zero-order valence-electron chi connectivity index (χ0n) is 9.97. The van der Waals surface area contributed by atoms with Crippen LogP contribution in [0.2, 0.25) is 0 Å². The van der Waals surface area contributed by atoms with Crippen LogP contribution in [0, 0.1) is 0 Å². The number of nitrogens with zero attached hydrogens (tertiary/aromatic N) is 4. The third kappa shape index (κ3) is 2.42. The van der Waals surface area contributed by atoms with Gasteiger partial charge >= 0.3 is 0 Å². The molecule has 8 heteroatoms. The number of H-pyrrole nitrogens is 1. The molecule has 0 fully saturated rings. The first kappa shape index (κ1) is 12.7. The van der Waals surface area contributed by atoms with Gasteiger partial charge in [-0.25, -0.2) is 0 Å². The van der Waals surface area contributed by atoms with E-state index < -0.39 is 0 Å². The van der Waals surface area contributed by atoms with Gasteiger partial charge in [0.15, 0.2) is 11.5 Å². The first-order valence-corrected chi connectivity index (χ1v) is 6.16. The molecule has 2 aromatic rings. The number of aryl methyl sites for hydroxylation is 1. The van der Waals surface area contributed by atoms with Gasteiger partial charge in [-0.2, -0.15) is 10.1 Å². The van der Waals surface area contributed by atoms with Gasteiger partial charge in [0, 0.05) is 12.7 Å². The number of nitrogens with one attached hydrogen (secondary N) is 1. The van der Waals surface area contributed by atoms with E-state index in [0.717, 1.165) is 12.1 Å². The molecule has 0 unspecified atom stereocenters. The molecule has 0 spiro atoms. The van der Waals surface area contributed by atoms with Gasteiger partial charge in [0.1, 0.15) is 0 Å². The van der Waals surface area contributed by atoms with Crippen LogP contribution in [-0.2, 0) is 13.0 Å². The predicted molar refractivity (Wildman–Crippen MR) is 65.8 cm³/mol. The van der Waals surface area contributed by atoms with Gasteiger partial charge in [-0.1, -0.05) is 12.1 Å². The van der Waals surface area contributed by atoms with Crippen LogP contribution in [0.15, 0.2) is 15.4 Å². The first-order chi connectivity index (χ1) is 8.63. The Bertz CT molecular complexity index is 536. The molecule has 0 saturated carbocycles. The fourth-order valence-corrected chi connectivity index (χ4v) is 2.09. The van der Waals surface area contributed by atoms with E-state index in [1.165, 1.54) is 11.3 Å². The maximum absolute atomic E-state index is 12.1. The monoisotopic (exact) mass is 313 g/mol. The average Bonchev–Trinajstić information content (AvgIpc) is 2.97. The van der Waals surface area contributed by atoms with Gasteiger partial charge < -0.3 is 9.42 Å². The molecule has 0 aliphatic heterocycles. The summed E-state index contributed by atoms with van der Waals surface area (Å²) in [6, 6.07) is 0. The van der Waals surface area contributed by atoms with Gasteiger partial charge in [0.05, 0.1) is 11.0 Å². The van der Waals surface area contributed by atoms with Crippen molar-refractivity contribution in [2.45, 2.75) is 19.9 Å². The summed E-state index contributed by atoms with van der Waals surface area (Å²) in [6.07, 6.45) is 2.00. The Morgan fingerprint density at radius 3 is 2.94 bits per heavy atom. The molecule has 0 bridgehead atoms. The molecule has 0 atom stereocenters. The number of carbonyl (C=O) groups is 1. The van der Waals surface area contributed by atoms with Crippen molar-refractivity contribution in [1.82, 2.24) is 25.2 Å². The van der Waals surface area contributed by atoms with Crippen molar-refractivity contribution >= 4 is 21.8 Å². The second-order valence-electron chi connectivity index (χ2n) is 3.73. The van der Waals surface area contributed by atoms with Crippen molar-refractivity contribution in [1.29, 1.82) is 0 Å². The molecule has 2 heterocycles. The molecule has 0 radical (unpaired) electrons. The second-order valence-corrected chi connectivity index (χ2v) is 4.52. The van der Waals surface area contributed by atoms with Crippen LogP contribution in [-0.4, -0.2) is 38.2 Å². The highest BCUT2D eigenvalue weighted by Crippen LogP contribution is 2.20. The molecule has 0 saturated heterocycles. The lowest BCUT2D eigenvalue weighted by atomic mass is 10.3. The molecular weight excluding hydrogens is 302 g/mol. The van der Waals surface area contributed by atoms with Crippen molar-refractivity contribution in [2.24, 2.45) is 0 Å². The Morgan fingerprint density at radius 1 is 1.61 bits per heavy atom. The van der Waals surface area contributed by atoms with Gasteiger partial charge in [-0.3, -0.25) is 9.89 Å². The molecule has 7 nitrogen and oxygen atoms in total. The van der Waals surface area contributed by atoms with Crippen molar-refractivity contribution in [3.8, 4) is 0 Å². The maximum Gasteiger partial charge on any atom is 0.275 e. The third-order valence-corrected chi connectivity index (χ3v) is 3.32. The largest absolute Gasteiger partial charge is 0.343 e. The molecule has 0 aromatic carbocycles. The second kappa shape index (κ2) is 5.30. The number of aromatic amines is 1. The summed E-state index contributed by atoms with van der Waals surface area (Å²) in [5.74, 6) is 0.246. The molecule has 0 aliphatic rings. The first-order valence-electron chi connectivity index (χ1n) is 5.37. The van der Waals surface area contributed by atoms with E-state index in [1.807, 2.05) is 6.92 Å². The van der Waals surface area contributed by atoms with E-state index in [4.69, 9.17) is 0 Å². The summed E-state index contributed by atoms with van der Waals surface area (Å²) in [7, 11) is 1.66. The fourth-order valence-electron chi connectivity index (χ4n) is 1.47. The summed E-state index contributed by atoms with van der Waals surface area (Å²) >= 11 is 3.37. The van der Waals surface area contributed by atoms with Crippen LogP contribution in [0.5, 0.6) is 0 Å². The zero-order valence-corrected chi connectivity index (χ0v) is 11.6. The van der Waals surface area contributed by atoms with Crippen LogP contribution in [0.3, 0.4) is 0 Å². The van der Waals surface area contributed by atoms with Crippen LogP contribution in [0.25, 0.3) is 0 Å². The van der Waals surface area contributed by atoms with E-state index in [0.29, 0.717) is 16.0 Å². The maximum atomic E-state index is 12.1. The lowest BCUT2D eigenvalue weighted by Crippen LogP contribution is -2.27. The molecule has 96 valence electrons. The summed E-state index contributed by atoms with van der Waals surface area (Å²) in [5, 5.41) is 10.5. The molecule has 0 aliphatic carbocycles. The Labute approximate surface area is 112 Å². The topological polar surface area (TPSA) is 87.9 Å². The predicted octanol–water partition coefficient (Wildman–Crippen LogP) is 1.39. The number of carbonyl (C=O) groups excluding carboxylic acids is 1. The Morgan fingerprint density at radius 2 is 2.39 bits per heavy atom. The lowest BCUT2D eigenvalue weighted by Gasteiger charge is -2.13. The number of hydrogen-bond donors (Lipinski definition) is 1. The minimum Gasteiger partial charge on any atom is -0.343 e. The SMILES string of the molecule is CCc1[nH]nc(C(=O)N(C)Cc2ncon2)c1Br. The summed E-state index contributed by atoms with van der Waals surface area (Å²) in [6.45, 7) is 2.26. The van der Waals surface area contributed by atoms with Gasteiger partial charge in [-0.05, 0) is 22.4 Å². The number of aromatic nitrogens is 4. The zero-order chi connectivity index (χ0) is 13.1. The third-order valence-electron chi connectivity index (χ3n) is 2.46. The van der Waals surface area contributed by atoms with Gasteiger partial charge in [0.25, 0.3) is 5.91 Å². The standard InChI is InChI=1S/C10H12BrN5O2/c1-3-6-8(11)9(14-13-6)10(17)16(2)4-7-12-5-18-15-7/h5H,3-4H2,1-2H3,(H,13,14).